The van der Waals surface area contributed by atoms with Gasteiger partial charge in [-0.15, -0.1) is 5.10 Å². The van der Waals surface area contributed by atoms with E-state index in [1.165, 1.54) is 0 Å². The van der Waals surface area contributed by atoms with Crippen molar-refractivity contribution in [2.24, 2.45) is 6.98 Å². The molecule has 1 rings (SSSR count). The van der Waals surface area contributed by atoms with E-state index in [-0.39, 0.29) is 4.60 Å². The molecule has 0 atom stereocenters. The molecule has 4 nitrogen and oxygen atoms in total. The van der Waals surface area contributed by atoms with E-state index < -0.39 is 19.9 Å². The van der Waals surface area contributed by atoms with Gasteiger partial charge in [-0.05, 0) is 15.9 Å². The van der Waals surface area contributed by atoms with Crippen LogP contribution < -0.4 is 4.74 Å². The number of hydrogen-bond acceptors (Lipinski definition) is 3. The standard InChI is InChI=1S/C4H6BrN3O/c1-8-4(9-2)3(5)6-7-8/h1-2H3/i1D3,2D3. The molecule has 0 aromatic carbocycles. The Kier molecular flexibility index (Phi) is 0.581. The van der Waals surface area contributed by atoms with Crippen molar-refractivity contribution in [3.05, 3.63) is 4.60 Å². The van der Waals surface area contributed by atoms with Crippen molar-refractivity contribution in [1.29, 1.82) is 0 Å². The van der Waals surface area contributed by atoms with Gasteiger partial charge in [0.05, 0.1) is 11.2 Å². The van der Waals surface area contributed by atoms with Gasteiger partial charge in [0.1, 0.15) is 0 Å². The second-order valence-corrected chi connectivity index (χ2v) is 1.95. The lowest BCUT2D eigenvalue weighted by Crippen LogP contribution is -1.94. The maximum absolute atomic E-state index is 7.04. The highest BCUT2D eigenvalue weighted by atomic mass is 79.9. The molecule has 0 saturated heterocycles. The van der Waals surface area contributed by atoms with E-state index in [1.54, 1.807) is 0 Å². The van der Waals surface area contributed by atoms with Crippen molar-refractivity contribution >= 4 is 15.9 Å². The summed E-state index contributed by atoms with van der Waals surface area (Å²) in [7, 11) is -2.76. The van der Waals surface area contributed by atoms with Crippen LogP contribution in [0.15, 0.2) is 4.60 Å². The SMILES string of the molecule is [2H]C([2H])([2H])Oc1c(Br)nnn1C([2H])([2H])[2H]. The zero-order valence-electron chi connectivity index (χ0n) is 10.1. The maximum Gasteiger partial charge on any atom is 0.247 e. The molecule has 1 aromatic rings. The summed E-state index contributed by atoms with van der Waals surface area (Å²) in [6, 6.07) is 0. The van der Waals surface area contributed by atoms with Crippen molar-refractivity contribution < 1.29 is 13.0 Å². The number of nitrogens with zero attached hydrogens (tertiary/aromatic N) is 3. The smallest absolute Gasteiger partial charge is 0.247 e. The minimum atomic E-state index is -2.76. The van der Waals surface area contributed by atoms with Crippen molar-refractivity contribution in [3.63, 3.8) is 0 Å². The number of aryl methyl sites for hydroxylation is 1. The monoisotopic (exact) mass is 197 g/mol. The van der Waals surface area contributed by atoms with E-state index in [1.807, 2.05) is 0 Å². The van der Waals surface area contributed by atoms with Crippen molar-refractivity contribution in [3.8, 4) is 5.88 Å². The fourth-order valence-corrected chi connectivity index (χ4v) is 0.660. The highest BCUT2D eigenvalue weighted by Gasteiger charge is 2.05. The predicted molar refractivity (Wildman–Crippen MR) is 35.3 cm³/mol. The molecule has 0 aliphatic heterocycles. The quantitative estimate of drug-likeness (QED) is 0.662. The molecule has 0 amide bonds. The molecule has 5 heteroatoms. The first-order chi connectivity index (χ1) is 6.61. The Morgan fingerprint density at radius 1 is 1.89 bits per heavy atom. The van der Waals surface area contributed by atoms with Crippen LogP contribution in [-0.4, -0.2) is 22.0 Å². The number of hydrogen-bond donors (Lipinski definition) is 0. The molecule has 9 heavy (non-hydrogen) atoms. The summed E-state index contributed by atoms with van der Waals surface area (Å²) in [6.45, 7) is -2.64. The van der Waals surface area contributed by atoms with Gasteiger partial charge >= 0.3 is 0 Å². The summed E-state index contributed by atoms with van der Waals surface area (Å²) in [6.07, 6.45) is 0. The Bertz CT molecular complexity index is 356. The number of aromatic nitrogens is 3. The summed E-state index contributed by atoms with van der Waals surface area (Å²) in [5, 5.41) is 6.62. The number of ether oxygens (including phenoxy) is 1. The molecule has 0 bridgehead atoms. The van der Waals surface area contributed by atoms with E-state index in [9.17, 15) is 0 Å². The molecule has 0 spiro atoms. The van der Waals surface area contributed by atoms with Gasteiger partial charge in [0, 0.05) is 11.1 Å². The first-order valence-electron chi connectivity index (χ1n) is 4.92. The van der Waals surface area contributed by atoms with Crippen LogP contribution in [0, 0.1) is 0 Å². The van der Waals surface area contributed by atoms with Crippen LogP contribution in [0.25, 0.3) is 0 Å². The molecule has 0 aliphatic carbocycles. The largest absolute Gasteiger partial charge is 0.479 e. The van der Waals surface area contributed by atoms with Gasteiger partial charge in [-0.3, -0.25) is 0 Å². The molecule has 0 unspecified atom stereocenters. The first kappa shape index (κ1) is 2.23. The fourth-order valence-electron chi connectivity index (χ4n) is 0.340. The zero-order chi connectivity index (χ0) is 11.9. The van der Waals surface area contributed by atoms with Gasteiger partial charge < -0.3 is 4.74 Å². The maximum atomic E-state index is 7.04. The summed E-state index contributed by atoms with van der Waals surface area (Å²) in [5.41, 5.74) is 0. The molecule has 1 heterocycles. The normalized spacial score (nSPS) is 22.3. The molecule has 0 N–H and O–H groups in total. The Labute approximate surface area is 69.4 Å². The van der Waals surface area contributed by atoms with Crippen LogP contribution in [0.2, 0.25) is 0 Å². The summed E-state index contributed by atoms with van der Waals surface area (Å²) in [5.74, 6) is -0.449. The summed E-state index contributed by atoms with van der Waals surface area (Å²) in [4.78, 5) is 0. The average Bonchev–Trinajstić information content (AvgIpc) is 2.28. The molecular formula is C4H6BrN3O. The molecule has 50 valence electrons. The van der Waals surface area contributed by atoms with E-state index >= 15 is 0 Å². The predicted octanol–water partition coefficient (Wildman–Crippen LogP) is 0.586. The molecule has 0 fully saturated rings. The van der Waals surface area contributed by atoms with Gasteiger partial charge in [0.25, 0.3) is 0 Å². The molecule has 0 radical (unpaired) electrons. The Morgan fingerprint density at radius 3 is 3.44 bits per heavy atom. The van der Waals surface area contributed by atoms with Crippen LogP contribution in [0.5, 0.6) is 5.88 Å². The van der Waals surface area contributed by atoms with Crippen LogP contribution in [0.1, 0.15) is 8.22 Å². The van der Waals surface area contributed by atoms with E-state index in [4.69, 9.17) is 8.22 Å². The third-order valence-corrected chi connectivity index (χ3v) is 1.19. The lowest BCUT2D eigenvalue weighted by atomic mass is 10.8. The third-order valence-electron chi connectivity index (χ3n) is 0.687. The lowest BCUT2D eigenvalue weighted by Gasteiger charge is -1.95. The van der Waals surface area contributed by atoms with Crippen LogP contribution >= 0.6 is 15.9 Å². The van der Waals surface area contributed by atoms with E-state index in [2.05, 4.69) is 31.0 Å². The van der Waals surface area contributed by atoms with E-state index in [0.29, 0.717) is 4.68 Å². The Balaban J connectivity index is 3.11. The van der Waals surface area contributed by atoms with E-state index in [0.717, 1.165) is 0 Å². The van der Waals surface area contributed by atoms with Crippen molar-refractivity contribution in [2.45, 2.75) is 0 Å². The number of halogens is 1. The molecule has 0 saturated carbocycles. The highest BCUT2D eigenvalue weighted by Crippen LogP contribution is 2.18. The van der Waals surface area contributed by atoms with Gasteiger partial charge in [0.15, 0.2) is 4.60 Å². The fraction of sp³-hybridized carbons (Fsp3) is 0.500. The summed E-state index contributed by atoms with van der Waals surface area (Å²) >= 11 is 2.84. The Hall–Kier alpha value is -0.580. The van der Waals surface area contributed by atoms with Crippen LogP contribution in [0.3, 0.4) is 0 Å². The molecule has 1 aromatic heterocycles. The second kappa shape index (κ2) is 2.34. The zero-order valence-corrected chi connectivity index (χ0v) is 5.71. The lowest BCUT2D eigenvalue weighted by molar-refractivity contribution is 0.371. The van der Waals surface area contributed by atoms with Crippen LogP contribution in [-0.2, 0) is 6.98 Å². The molecular weight excluding hydrogens is 186 g/mol. The van der Waals surface area contributed by atoms with Crippen molar-refractivity contribution in [1.82, 2.24) is 15.0 Å². The minimum Gasteiger partial charge on any atom is -0.479 e. The van der Waals surface area contributed by atoms with Gasteiger partial charge in [-0.1, -0.05) is 5.21 Å². The first-order valence-corrected chi connectivity index (χ1v) is 2.71. The second-order valence-electron chi connectivity index (χ2n) is 1.20. The number of methoxy groups -OCH3 is 1. The topological polar surface area (TPSA) is 39.9 Å². The number of rotatable bonds is 1. The highest BCUT2D eigenvalue weighted by molar-refractivity contribution is 9.10. The average molecular weight is 198 g/mol. The van der Waals surface area contributed by atoms with Crippen LogP contribution in [0.4, 0.5) is 0 Å². The summed E-state index contributed by atoms with van der Waals surface area (Å²) < 4.78 is 46.5. The molecule has 0 aliphatic rings. The van der Waals surface area contributed by atoms with Crippen molar-refractivity contribution in [2.75, 3.05) is 7.04 Å². The Morgan fingerprint density at radius 2 is 2.78 bits per heavy atom. The third kappa shape index (κ3) is 1.05. The van der Waals surface area contributed by atoms with Gasteiger partial charge in [-0.2, -0.15) is 0 Å². The minimum absolute atomic E-state index is 0.0743. The van der Waals surface area contributed by atoms with Gasteiger partial charge in [0.2, 0.25) is 5.88 Å². The van der Waals surface area contributed by atoms with Gasteiger partial charge in [-0.25, -0.2) is 4.68 Å².